The second-order valence-electron chi connectivity index (χ2n) is 5.92. The van der Waals surface area contributed by atoms with Gasteiger partial charge in [0.15, 0.2) is 0 Å². The predicted molar refractivity (Wildman–Crippen MR) is 78.3 cm³/mol. The number of amides is 1. The molecule has 1 heterocycles. The minimum absolute atomic E-state index is 0.0999. The van der Waals surface area contributed by atoms with Crippen molar-refractivity contribution in [1.29, 1.82) is 0 Å². The quantitative estimate of drug-likeness (QED) is 0.848. The van der Waals surface area contributed by atoms with E-state index in [4.69, 9.17) is 0 Å². The maximum Gasteiger partial charge on any atom is 0.253 e. The molecule has 0 aliphatic carbocycles. The molecular weight excluding hydrogens is 255 g/mol. The van der Waals surface area contributed by atoms with Crippen LogP contribution in [0.4, 0.5) is 4.39 Å². The van der Waals surface area contributed by atoms with Crippen molar-refractivity contribution in [2.24, 2.45) is 5.92 Å². The van der Waals surface area contributed by atoms with E-state index in [1.807, 2.05) is 0 Å². The molecule has 1 atom stereocenters. The minimum Gasteiger partial charge on any atom is -0.341 e. The van der Waals surface area contributed by atoms with Crippen LogP contribution in [0.1, 0.15) is 28.8 Å². The second kappa shape index (κ2) is 6.35. The van der Waals surface area contributed by atoms with E-state index >= 15 is 0 Å². The third-order valence-corrected chi connectivity index (χ3v) is 4.02. The van der Waals surface area contributed by atoms with Crippen LogP contribution < -0.4 is 0 Å². The number of benzene rings is 1. The fourth-order valence-corrected chi connectivity index (χ4v) is 2.84. The van der Waals surface area contributed by atoms with Gasteiger partial charge in [-0.05, 0) is 57.0 Å². The molecule has 110 valence electrons. The number of rotatable bonds is 3. The Morgan fingerprint density at radius 1 is 1.50 bits per heavy atom. The number of carbonyl (C=O) groups excluding carboxylic acids is 1. The lowest BCUT2D eigenvalue weighted by Gasteiger charge is -2.32. The highest BCUT2D eigenvalue weighted by Gasteiger charge is 2.21. The summed E-state index contributed by atoms with van der Waals surface area (Å²) >= 11 is 0. The molecule has 20 heavy (non-hydrogen) atoms. The molecule has 3 nitrogen and oxygen atoms in total. The number of likely N-dealkylation sites (tertiary alicyclic amines) is 1. The number of hydrogen-bond acceptors (Lipinski definition) is 2. The van der Waals surface area contributed by atoms with Crippen molar-refractivity contribution in [2.45, 2.75) is 19.8 Å². The van der Waals surface area contributed by atoms with Crippen molar-refractivity contribution in [2.75, 3.05) is 33.7 Å². The molecule has 1 aromatic carbocycles. The molecule has 1 aromatic rings. The van der Waals surface area contributed by atoms with Gasteiger partial charge in [0.05, 0.1) is 0 Å². The fraction of sp³-hybridized carbons (Fsp3) is 0.562. The van der Waals surface area contributed by atoms with Crippen LogP contribution in [-0.4, -0.2) is 49.4 Å². The molecule has 0 bridgehead atoms. The Hall–Kier alpha value is -1.42. The van der Waals surface area contributed by atoms with Crippen LogP contribution >= 0.6 is 0 Å². The van der Waals surface area contributed by atoms with Gasteiger partial charge in [-0.1, -0.05) is 6.07 Å². The Morgan fingerprint density at radius 3 is 2.90 bits per heavy atom. The smallest absolute Gasteiger partial charge is 0.253 e. The molecule has 1 saturated heterocycles. The molecule has 0 spiro atoms. The van der Waals surface area contributed by atoms with Gasteiger partial charge in [-0.25, -0.2) is 4.39 Å². The Bertz CT molecular complexity index is 489. The van der Waals surface area contributed by atoms with Gasteiger partial charge in [-0.2, -0.15) is 0 Å². The Morgan fingerprint density at radius 2 is 2.25 bits per heavy atom. The summed E-state index contributed by atoms with van der Waals surface area (Å²) in [5.74, 6) is 0.0942. The van der Waals surface area contributed by atoms with Crippen LogP contribution in [0.5, 0.6) is 0 Å². The molecule has 0 aromatic heterocycles. The second-order valence-corrected chi connectivity index (χ2v) is 5.92. The van der Waals surface area contributed by atoms with Crippen molar-refractivity contribution >= 4 is 5.91 Å². The highest BCUT2D eigenvalue weighted by molar-refractivity contribution is 5.94. The fourth-order valence-electron chi connectivity index (χ4n) is 2.84. The van der Waals surface area contributed by atoms with Gasteiger partial charge in [-0.3, -0.25) is 4.79 Å². The molecule has 1 amide bonds. The summed E-state index contributed by atoms with van der Waals surface area (Å²) in [6.45, 7) is 4.60. The minimum atomic E-state index is -0.318. The molecule has 1 unspecified atom stereocenters. The van der Waals surface area contributed by atoms with Gasteiger partial charge in [0.2, 0.25) is 0 Å². The van der Waals surface area contributed by atoms with Gasteiger partial charge >= 0.3 is 0 Å². The summed E-state index contributed by atoms with van der Waals surface area (Å²) in [6, 6.07) is 4.69. The molecule has 1 fully saturated rings. The van der Waals surface area contributed by atoms with E-state index in [9.17, 15) is 9.18 Å². The zero-order valence-electron chi connectivity index (χ0n) is 12.5. The summed E-state index contributed by atoms with van der Waals surface area (Å²) in [6.07, 6.45) is 2.34. The number of halogens is 1. The van der Waals surface area contributed by atoms with E-state index in [0.717, 1.165) is 26.1 Å². The monoisotopic (exact) mass is 278 g/mol. The van der Waals surface area contributed by atoms with Crippen LogP contribution in [0.15, 0.2) is 18.2 Å². The standard InChI is InChI=1S/C16H23FN2O/c1-12-6-7-14(9-15(12)17)16(20)19(3)11-13-5-4-8-18(2)10-13/h6-7,9,13H,4-5,8,10-11H2,1-3H3. The SMILES string of the molecule is Cc1ccc(C(=O)N(C)CC2CCCN(C)C2)cc1F. The molecule has 0 saturated carbocycles. The molecule has 1 aliphatic heterocycles. The van der Waals surface area contributed by atoms with Crippen LogP contribution in [0.2, 0.25) is 0 Å². The average molecular weight is 278 g/mol. The van der Waals surface area contributed by atoms with E-state index < -0.39 is 0 Å². The average Bonchev–Trinajstić information content (AvgIpc) is 2.41. The van der Waals surface area contributed by atoms with Gasteiger partial charge in [0.1, 0.15) is 5.82 Å². The Kier molecular flexibility index (Phi) is 4.76. The van der Waals surface area contributed by atoms with Crippen molar-refractivity contribution in [1.82, 2.24) is 9.80 Å². The summed E-state index contributed by atoms with van der Waals surface area (Å²) < 4.78 is 13.5. The number of nitrogens with zero attached hydrogens (tertiary/aromatic N) is 2. The zero-order chi connectivity index (χ0) is 14.7. The first kappa shape index (κ1) is 15.0. The van der Waals surface area contributed by atoms with Crippen LogP contribution in [0, 0.1) is 18.7 Å². The summed E-state index contributed by atoms with van der Waals surface area (Å²) in [5.41, 5.74) is 0.998. The van der Waals surface area contributed by atoms with Gasteiger partial charge in [0, 0.05) is 25.7 Å². The highest BCUT2D eigenvalue weighted by Crippen LogP contribution is 2.17. The summed E-state index contributed by atoms with van der Waals surface area (Å²) in [7, 11) is 3.91. The molecule has 4 heteroatoms. The normalized spacial score (nSPS) is 19.9. The van der Waals surface area contributed by atoms with Crippen LogP contribution in [0.3, 0.4) is 0 Å². The number of carbonyl (C=O) groups is 1. The topological polar surface area (TPSA) is 23.6 Å². The first-order valence-corrected chi connectivity index (χ1v) is 7.17. The lowest BCUT2D eigenvalue weighted by Crippen LogP contribution is -2.40. The van der Waals surface area contributed by atoms with Crippen molar-refractivity contribution in [3.05, 3.63) is 35.1 Å². The number of piperidine rings is 1. The van der Waals surface area contributed by atoms with E-state index in [0.29, 0.717) is 17.0 Å². The lowest BCUT2D eigenvalue weighted by molar-refractivity contribution is 0.0740. The Labute approximate surface area is 120 Å². The molecule has 1 aliphatic rings. The third-order valence-electron chi connectivity index (χ3n) is 4.02. The summed E-state index contributed by atoms with van der Waals surface area (Å²) in [5, 5.41) is 0. The number of hydrogen-bond donors (Lipinski definition) is 0. The molecule has 0 radical (unpaired) electrons. The third kappa shape index (κ3) is 3.57. The van der Waals surface area contributed by atoms with Crippen molar-refractivity contribution in [3.63, 3.8) is 0 Å². The largest absolute Gasteiger partial charge is 0.341 e. The zero-order valence-corrected chi connectivity index (χ0v) is 12.5. The lowest BCUT2D eigenvalue weighted by atomic mass is 9.98. The van der Waals surface area contributed by atoms with Crippen molar-refractivity contribution < 1.29 is 9.18 Å². The maximum atomic E-state index is 13.5. The number of aryl methyl sites for hydroxylation is 1. The predicted octanol–water partition coefficient (Wildman–Crippen LogP) is 2.55. The summed E-state index contributed by atoms with van der Waals surface area (Å²) in [4.78, 5) is 16.3. The first-order chi connectivity index (χ1) is 9.47. The van der Waals surface area contributed by atoms with Crippen molar-refractivity contribution in [3.8, 4) is 0 Å². The molecule has 0 N–H and O–H groups in total. The Balaban J connectivity index is 1.99. The first-order valence-electron chi connectivity index (χ1n) is 7.17. The van der Waals surface area contributed by atoms with E-state index in [1.165, 1.54) is 12.5 Å². The molecular formula is C16H23FN2O. The van der Waals surface area contributed by atoms with E-state index in [1.54, 1.807) is 31.0 Å². The van der Waals surface area contributed by atoms with Gasteiger partial charge < -0.3 is 9.80 Å². The molecule has 2 rings (SSSR count). The van der Waals surface area contributed by atoms with E-state index in [-0.39, 0.29) is 11.7 Å². The van der Waals surface area contributed by atoms with Gasteiger partial charge in [-0.15, -0.1) is 0 Å². The maximum absolute atomic E-state index is 13.5. The van der Waals surface area contributed by atoms with Crippen LogP contribution in [-0.2, 0) is 0 Å². The van der Waals surface area contributed by atoms with Crippen LogP contribution in [0.25, 0.3) is 0 Å². The van der Waals surface area contributed by atoms with Gasteiger partial charge in [0.25, 0.3) is 5.91 Å². The highest BCUT2D eigenvalue weighted by atomic mass is 19.1. The van der Waals surface area contributed by atoms with E-state index in [2.05, 4.69) is 11.9 Å².